The molecule has 2 N–H and O–H groups in total. The van der Waals surface area contributed by atoms with Crippen molar-refractivity contribution < 1.29 is 24.3 Å². The fraction of sp³-hybridized carbons (Fsp3) is 0.211. The van der Waals surface area contributed by atoms with Crippen molar-refractivity contribution in [1.82, 2.24) is 0 Å². The Labute approximate surface area is 140 Å². The normalized spacial score (nSPS) is 14.8. The molecule has 0 unspecified atom stereocenters. The SMILES string of the molecule is COc1cccc(C=C2Oc3c(ccc(O)c3C[NH+](C)C)C2=O)c1. The fourth-order valence-corrected chi connectivity index (χ4v) is 2.70. The van der Waals surface area contributed by atoms with Gasteiger partial charge >= 0.3 is 0 Å². The van der Waals surface area contributed by atoms with Gasteiger partial charge in [-0.1, -0.05) is 12.1 Å². The van der Waals surface area contributed by atoms with Crippen LogP contribution in [0.3, 0.4) is 0 Å². The highest BCUT2D eigenvalue weighted by molar-refractivity contribution is 6.15. The van der Waals surface area contributed by atoms with Gasteiger partial charge in [0.1, 0.15) is 18.0 Å². The number of phenolic OH excluding ortho intramolecular Hbond substituents is 1. The number of nitrogens with one attached hydrogen (secondary N) is 1. The number of aromatic hydroxyl groups is 1. The number of hydrogen-bond donors (Lipinski definition) is 2. The maximum Gasteiger partial charge on any atom is 0.231 e. The fourth-order valence-electron chi connectivity index (χ4n) is 2.70. The Morgan fingerprint density at radius 1 is 1.25 bits per heavy atom. The number of methoxy groups -OCH3 is 1. The number of fused-ring (bicyclic) bond motifs is 1. The van der Waals surface area contributed by atoms with Gasteiger partial charge in [0.25, 0.3) is 0 Å². The van der Waals surface area contributed by atoms with Crippen molar-refractivity contribution in [2.75, 3.05) is 21.2 Å². The summed E-state index contributed by atoms with van der Waals surface area (Å²) >= 11 is 0. The largest absolute Gasteiger partial charge is 0.507 e. The zero-order chi connectivity index (χ0) is 17.3. The molecule has 0 spiro atoms. The lowest BCUT2D eigenvalue weighted by Crippen LogP contribution is -3.04. The maximum absolute atomic E-state index is 12.6. The van der Waals surface area contributed by atoms with Crippen LogP contribution < -0.4 is 14.4 Å². The van der Waals surface area contributed by atoms with Gasteiger partial charge in [-0.25, -0.2) is 0 Å². The molecule has 0 saturated carbocycles. The molecule has 2 aromatic rings. The molecule has 0 bridgehead atoms. The molecule has 5 nitrogen and oxygen atoms in total. The van der Waals surface area contributed by atoms with Crippen LogP contribution in [0.15, 0.2) is 42.2 Å². The molecule has 0 fully saturated rings. The third-order valence-corrected chi connectivity index (χ3v) is 3.84. The minimum Gasteiger partial charge on any atom is -0.507 e. The number of carbonyl (C=O) groups excluding carboxylic acids is 1. The highest BCUT2D eigenvalue weighted by Crippen LogP contribution is 2.39. The molecule has 0 amide bonds. The van der Waals surface area contributed by atoms with Gasteiger partial charge in [0.2, 0.25) is 5.78 Å². The van der Waals surface area contributed by atoms with Crippen molar-refractivity contribution in [2.45, 2.75) is 6.54 Å². The van der Waals surface area contributed by atoms with Gasteiger partial charge < -0.3 is 19.5 Å². The van der Waals surface area contributed by atoms with Crippen LogP contribution in [0.2, 0.25) is 0 Å². The lowest BCUT2D eigenvalue weighted by Gasteiger charge is -2.12. The van der Waals surface area contributed by atoms with Crippen molar-refractivity contribution in [2.24, 2.45) is 0 Å². The number of hydrogen-bond acceptors (Lipinski definition) is 4. The van der Waals surface area contributed by atoms with Gasteiger partial charge in [-0.2, -0.15) is 0 Å². The molecule has 124 valence electrons. The van der Waals surface area contributed by atoms with Gasteiger partial charge in [0.15, 0.2) is 11.5 Å². The second-order valence-corrected chi connectivity index (χ2v) is 6.04. The topological polar surface area (TPSA) is 60.2 Å². The lowest BCUT2D eigenvalue weighted by atomic mass is 10.0. The van der Waals surface area contributed by atoms with Gasteiger partial charge in [-0.05, 0) is 35.9 Å². The molecule has 0 radical (unpaired) electrons. The summed E-state index contributed by atoms with van der Waals surface area (Å²) < 4.78 is 11.0. The molecule has 0 aliphatic carbocycles. The number of phenols is 1. The molecular weight excluding hydrogens is 306 g/mol. The highest BCUT2D eigenvalue weighted by Gasteiger charge is 2.31. The Morgan fingerprint density at radius 2 is 2.04 bits per heavy atom. The van der Waals surface area contributed by atoms with E-state index in [0.29, 0.717) is 29.2 Å². The molecule has 5 heteroatoms. The molecule has 3 rings (SSSR count). The van der Waals surface area contributed by atoms with Crippen molar-refractivity contribution in [3.8, 4) is 17.2 Å². The molecule has 1 heterocycles. The average molecular weight is 326 g/mol. The first-order valence-corrected chi connectivity index (χ1v) is 7.71. The molecule has 24 heavy (non-hydrogen) atoms. The Balaban J connectivity index is 1.99. The van der Waals surface area contributed by atoms with E-state index in [1.807, 2.05) is 38.4 Å². The minimum atomic E-state index is -0.178. The summed E-state index contributed by atoms with van der Waals surface area (Å²) in [7, 11) is 5.54. The molecule has 1 aliphatic heterocycles. The van der Waals surface area contributed by atoms with E-state index in [2.05, 4.69) is 0 Å². The summed E-state index contributed by atoms with van der Waals surface area (Å²) in [6.07, 6.45) is 1.69. The van der Waals surface area contributed by atoms with Gasteiger partial charge in [-0.3, -0.25) is 4.79 Å². The van der Waals surface area contributed by atoms with Crippen molar-refractivity contribution in [1.29, 1.82) is 0 Å². The molecule has 2 aromatic carbocycles. The van der Waals surface area contributed by atoms with Crippen LogP contribution >= 0.6 is 0 Å². The standard InChI is InChI=1S/C19H19NO4/c1-20(2)11-15-16(21)8-7-14-18(22)17(24-19(14)15)10-12-5-4-6-13(9-12)23-3/h4-10,21H,11H2,1-3H3/p+1. The number of benzene rings is 2. The van der Waals surface area contributed by atoms with E-state index in [0.717, 1.165) is 10.5 Å². The van der Waals surface area contributed by atoms with E-state index in [4.69, 9.17) is 9.47 Å². The van der Waals surface area contributed by atoms with Crippen molar-refractivity contribution >= 4 is 11.9 Å². The van der Waals surface area contributed by atoms with Crippen LogP contribution in [-0.2, 0) is 6.54 Å². The number of rotatable bonds is 4. The van der Waals surface area contributed by atoms with Crippen LogP contribution in [0.1, 0.15) is 21.5 Å². The van der Waals surface area contributed by atoms with Crippen LogP contribution in [0.4, 0.5) is 0 Å². The highest BCUT2D eigenvalue weighted by atomic mass is 16.5. The summed E-state index contributed by atoms with van der Waals surface area (Å²) in [5, 5.41) is 10.1. The summed E-state index contributed by atoms with van der Waals surface area (Å²) in [6, 6.07) is 10.5. The third-order valence-electron chi connectivity index (χ3n) is 3.84. The van der Waals surface area contributed by atoms with Crippen molar-refractivity contribution in [3.05, 3.63) is 58.8 Å². The molecule has 0 saturated heterocycles. The van der Waals surface area contributed by atoms with E-state index in [1.54, 1.807) is 25.3 Å². The second-order valence-electron chi connectivity index (χ2n) is 6.04. The van der Waals surface area contributed by atoms with E-state index in [-0.39, 0.29) is 17.3 Å². The molecule has 0 aromatic heterocycles. The number of Topliss-reactive ketones (excluding diaryl/α,β-unsaturated/α-hetero) is 1. The van der Waals surface area contributed by atoms with E-state index < -0.39 is 0 Å². The summed E-state index contributed by atoms with van der Waals surface area (Å²) in [5.74, 6) is 1.38. The summed E-state index contributed by atoms with van der Waals surface area (Å²) in [5.41, 5.74) is 1.95. The van der Waals surface area contributed by atoms with Gasteiger partial charge in [0.05, 0.1) is 32.3 Å². The Morgan fingerprint density at radius 3 is 2.75 bits per heavy atom. The van der Waals surface area contributed by atoms with Gasteiger partial charge in [0, 0.05) is 0 Å². The van der Waals surface area contributed by atoms with E-state index in [1.165, 1.54) is 0 Å². The predicted molar refractivity (Wildman–Crippen MR) is 90.6 cm³/mol. The lowest BCUT2D eigenvalue weighted by molar-refractivity contribution is -0.872. The van der Waals surface area contributed by atoms with Crippen molar-refractivity contribution in [3.63, 3.8) is 0 Å². The van der Waals surface area contributed by atoms with E-state index >= 15 is 0 Å². The Kier molecular flexibility index (Phi) is 4.27. The van der Waals surface area contributed by atoms with Crippen LogP contribution in [0.5, 0.6) is 17.2 Å². The molecule has 0 atom stereocenters. The quantitative estimate of drug-likeness (QED) is 0.839. The first-order chi connectivity index (χ1) is 11.5. The summed E-state index contributed by atoms with van der Waals surface area (Å²) in [6.45, 7) is 0.564. The molecule has 1 aliphatic rings. The number of allylic oxidation sites excluding steroid dienone is 1. The first kappa shape index (κ1) is 16.1. The maximum atomic E-state index is 12.6. The number of ketones is 1. The first-order valence-electron chi connectivity index (χ1n) is 7.71. The summed E-state index contributed by atoms with van der Waals surface area (Å²) in [4.78, 5) is 13.7. The number of quaternary nitrogens is 1. The molecular formula is C19H20NO4+. The number of carbonyl (C=O) groups is 1. The predicted octanol–water partition coefficient (Wildman–Crippen LogP) is 1.66. The minimum absolute atomic E-state index is 0.144. The monoisotopic (exact) mass is 326 g/mol. The smallest absolute Gasteiger partial charge is 0.231 e. The zero-order valence-electron chi connectivity index (χ0n) is 13.9. The Bertz CT molecular complexity index is 824. The van der Waals surface area contributed by atoms with E-state index in [9.17, 15) is 9.90 Å². The third kappa shape index (κ3) is 2.98. The van der Waals surface area contributed by atoms with Crippen LogP contribution in [0.25, 0.3) is 6.08 Å². The second kappa shape index (κ2) is 6.37. The van der Waals surface area contributed by atoms with Crippen LogP contribution in [-0.4, -0.2) is 32.1 Å². The Hall–Kier alpha value is -2.79. The van der Waals surface area contributed by atoms with Gasteiger partial charge in [-0.15, -0.1) is 0 Å². The number of ether oxygens (including phenoxy) is 2. The average Bonchev–Trinajstić information content (AvgIpc) is 2.87. The zero-order valence-corrected chi connectivity index (χ0v) is 13.9. The van der Waals surface area contributed by atoms with Crippen LogP contribution in [0, 0.1) is 0 Å².